The third-order valence-electron chi connectivity index (χ3n) is 7.17. The van der Waals surface area contributed by atoms with Crippen molar-refractivity contribution in [1.82, 2.24) is 20.9 Å². The van der Waals surface area contributed by atoms with Gasteiger partial charge in [0, 0.05) is 26.4 Å². The summed E-state index contributed by atoms with van der Waals surface area (Å²) in [6.45, 7) is 0.819. The van der Waals surface area contributed by atoms with Crippen molar-refractivity contribution in [2.45, 2.75) is 44.2 Å². The highest BCUT2D eigenvalue weighted by molar-refractivity contribution is 5.99. The standard InChI is InChI=1S/C33H38N4O5/c1-37-21-22-42-29-17-9-8-16-26(29)31(39)36-27(32(40)34-20-10-15-24-11-4-2-5-12-24)18-19-30(38)35-28(33(37)41)23-25-13-6-3-7-14-25/h2-9,11-14,16-17,27-28H,10,15,18-23H2,1H3,(H,34,40)(H,35,38)(H,36,39)/t27-,28-/m0/s1. The molecule has 0 saturated heterocycles. The van der Waals surface area contributed by atoms with Crippen LogP contribution < -0.4 is 20.7 Å². The summed E-state index contributed by atoms with van der Waals surface area (Å²) in [6.07, 6.45) is 1.86. The number of ether oxygens (including phenoxy) is 1. The Labute approximate surface area is 246 Å². The number of rotatable bonds is 7. The van der Waals surface area contributed by atoms with Gasteiger partial charge in [-0.15, -0.1) is 0 Å². The molecular formula is C33H38N4O5. The second-order valence-electron chi connectivity index (χ2n) is 10.4. The molecule has 0 aliphatic carbocycles. The molecule has 3 N–H and O–H groups in total. The fraction of sp³-hybridized carbons (Fsp3) is 0.333. The molecule has 9 nitrogen and oxygen atoms in total. The lowest BCUT2D eigenvalue weighted by Gasteiger charge is -2.25. The Morgan fingerprint density at radius 3 is 2.31 bits per heavy atom. The van der Waals surface area contributed by atoms with E-state index in [0.29, 0.717) is 18.7 Å². The van der Waals surface area contributed by atoms with E-state index in [1.807, 2.05) is 60.7 Å². The second-order valence-corrected chi connectivity index (χ2v) is 10.4. The van der Waals surface area contributed by atoms with Crippen molar-refractivity contribution in [1.29, 1.82) is 0 Å². The van der Waals surface area contributed by atoms with E-state index in [-0.39, 0.29) is 49.3 Å². The molecule has 0 radical (unpaired) electrons. The van der Waals surface area contributed by atoms with E-state index in [9.17, 15) is 19.2 Å². The monoisotopic (exact) mass is 570 g/mol. The van der Waals surface area contributed by atoms with Gasteiger partial charge in [0.1, 0.15) is 24.4 Å². The Morgan fingerprint density at radius 1 is 0.905 bits per heavy atom. The first-order chi connectivity index (χ1) is 20.4. The van der Waals surface area contributed by atoms with E-state index in [2.05, 4.69) is 16.0 Å². The summed E-state index contributed by atoms with van der Waals surface area (Å²) in [4.78, 5) is 54.5. The number of hydrogen-bond acceptors (Lipinski definition) is 5. The molecule has 0 fully saturated rings. The number of aryl methyl sites for hydroxylation is 1. The minimum absolute atomic E-state index is 0.0528. The van der Waals surface area contributed by atoms with Crippen molar-refractivity contribution in [2.75, 3.05) is 26.7 Å². The van der Waals surface area contributed by atoms with Crippen molar-refractivity contribution >= 4 is 23.6 Å². The summed E-state index contributed by atoms with van der Waals surface area (Å²) in [5, 5.41) is 8.56. The van der Waals surface area contributed by atoms with Gasteiger partial charge in [-0.3, -0.25) is 19.2 Å². The molecule has 1 aliphatic rings. The van der Waals surface area contributed by atoms with Crippen LogP contribution in [-0.2, 0) is 27.2 Å². The molecule has 42 heavy (non-hydrogen) atoms. The number of hydrogen-bond donors (Lipinski definition) is 3. The maximum absolute atomic E-state index is 13.4. The highest BCUT2D eigenvalue weighted by atomic mass is 16.5. The Balaban J connectivity index is 1.49. The van der Waals surface area contributed by atoms with Gasteiger partial charge in [0.2, 0.25) is 17.7 Å². The summed E-state index contributed by atoms with van der Waals surface area (Å²) in [5.41, 5.74) is 2.36. The van der Waals surface area contributed by atoms with Crippen LogP contribution in [0.15, 0.2) is 84.9 Å². The average Bonchev–Trinajstić information content (AvgIpc) is 3.01. The number of carbonyl (C=O) groups is 4. The number of likely N-dealkylation sites (N-methyl/N-ethyl adjacent to an activating group) is 1. The third kappa shape index (κ3) is 8.92. The van der Waals surface area contributed by atoms with Crippen molar-refractivity contribution in [3.63, 3.8) is 0 Å². The van der Waals surface area contributed by atoms with Crippen LogP contribution in [0.3, 0.4) is 0 Å². The van der Waals surface area contributed by atoms with Crippen molar-refractivity contribution < 1.29 is 23.9 Å². The van der Waals surface area contributed by atoms with Crippen LogP contribution in [0.2, 0.25) is 0 Å². The number of fused-ring (bicyclic) bond motifs is 1. The van der Waals surface area contributed by atoms with Gasteiger partial charge in [0.15, 0.2) is 0 Å². The number of amides is 4. The largest absolute Gasteiger partial charge is 0.491 e. The van der Waals surface area contributed by atoms with Crippen LogP contribution in [0.5, 0.6) is 5.75 Å². The number of para-hydroxylation sites is 1. The van der Waals surface area contributed by atoms with E-state index >= 15 is 0 Å². The molecule has 0 spiro atoms. The molecule has 2 atom stereocenters. The predicted molar refractivity (Wildman–Crippen MR) is 160 cm³/mol. The molecule has 0 unspecified atom stereocenters. The SMILES string of the molecule is CN1CCOc2ccccc2C(=O)N[C@H](C(=O)NCCCc2ccccc2)CCC(=O)N[C@@H](Cc2ccccc2)C1=O. The Hall–Kier alpha value is -4.66. The van der Waals surface area contributed by atoms with Gasteiger partial charge >= 0.3 is 0 Å². The Kier molecular flexibility index (Phi) is 11.1. The second kappa shape index (κ2) is 15.4. The lowest BCUT2D eigenvalue weighted by atomic mass is 10.0. The third-order valence-corrected chi connectivity index (χ3v) is 7.17. The van der Waals surface area contributed by atoms with Gasteiger partial charge in [0.25, 0.3) is 5.91 Å². The fourth-order valence-electron chi connectivity index (χ4n) is 4.82. The van der Waals surface area contributed by atoms with E-state index in [1.165, 1.54) is 10.5 Å². The molecule has 3 aromatic carbocycles. The number of benzene rings is 3. The molecule has 0 saturated carbocycles. The molecule has 1 heterocycles. The Morgan fingerprint density at radius 2 is 1.57 bits per heavy atom. The van der Waals surface area contributed by atoms with E-state index < -0.39 is 18.0 Å². The fourth-order valence-corrected chi connectivity index (χ4v) is 4.82. The van der Waals surface area contributed by atoms with E-state index in [0.717, 1.165) is 18.4 Å². The molecule has 4 amide bonds. The van der Waals surface area contributed by atoms with Crippen LogP contribution >= 0.6 is 0 Å². The van der Waals surface area contributed by atoms with Crippen LogP contribution in [0.25, 0.3) is 0 Å². The van der Waals surface area contributed by atoms with Crippen molar-refractivity contribution in [2.24, 2.45) is 0 Å². The number of carbonyl (C=O) groups excluding carboxylic acids is 4. The lowest BCUT2D eigenvalue weighted by Crippen LogP contribution is -2.50. The molecule has 3 aromatic rings. The van der Waals surface area contributed by atoms with Gasteiger partial charge in [-0.25, -0.2) is 0 Å². The predicted octanol–water partition coefficient (Wildman–Crippen LogP) is 2.89. The zero-order chi connectivity index (χ0) is 29.7. The smallest absolute Gasteiger partial charge is 0.255 e. The number of nitrogens with zero attached hydrogens (tertiary/aromatic N) is 1. The molecule has 9 heteroatoms. The average molecular weight is 571 g/mol. The zero-order valence-electron chi connectivity index (χ0n) is 23.9. The van der Waals surface area contributed by atoms with Gasteiger partial charge in [0.05, 0.1) is 12.1 Å². The maximum Gasteiger partial charge on any atom is 0.255 e. The first kappa shape index (κ1) is 30.3. The van der Waals surface area contributed by atoms with Crippen LogP contribution in [0, 0.1) is 0 Å². The van der Waals surface area contributed by atoms with Gasteiger partial charge in [-0.05, 0) is 42.5 Å². The lowest BCUT2D eigenvalue weighted by molar-refractivity contribution is -0.135. The van der Waals surface area contributed by atoms with Crippen LogP contribution in [0.4, 0.5) is 0 Å². The van der Waals surface area contributed by atoms with E-state index in [1.54, 1.807) is 31.3 Å². The summed E-state index contributed by atoms with van der Waals surface area (Å²) in [7, 11) is 1.66. The Bertz CT molecular complexity index is 1350. The molecule has 0 aromatic heterocycles. The molecule has 4 rings (SSSR count). The van der Waals surface area contributed by atoms with Crippen LogP contribution in [-0.4, -0.2) is 67.4 Å². The molecular weight excluding hydrogens is 532 g/mol. The molecule has 1 aliphatic heterocycles. The minimum atomic E-state index is -0.955. The first-order valence-electron chi connectivity index (χ1n) is 14.3. The normalized spacial score (nSPS) is 18.4. The number of nitrogens with one attached hydrogen (secondary N) is 3. The van der Waals surface area contributed by atoms with Gasteiger partial charge in [-0.2, -0.15) is 0 Å². The molecule has 0 bridgehead atoms. The summed E-state index contributed by atoms with van der Waals surface area (Å²) >= 11 is 0. The van der Waals surface area contributed by atoms with Gasteiger partial charge in [-0.1, -0.05) is 72.8 Å². The topological polar surface area (TPSA) is 117 Å². The summed E-state index contributed by atoms with van der Waals surface area (Å²) in [5.74, 6) is -1.12. The van der Waals surface area contributed by atoms with Crippen LogP contribution in [0.1, 0.15) is 40.7 Å². The maximum atomic E-state index is 13.4. The van der Waals surface area contributed by atoms with E-state index in [4.69, 9.17) is 4.74 Å². The summed E-state index contributed by atoms with van der Waals surface area (Å²) < 4.78 is 5.90. The minimum Gasteiger partial charge on any atom is -0.491 e. The first-order valence-corrected chi connectivity index (χ1v) is 14.3. The quantitative estimate of drug-likeness (QED) is 0.378. The van der Waals surface area contributed by atoms with Crippen molar-refractivity contribution in [3.8, 4) is 5.75 Å². The summed E-state index contributed by atoms with van der Waals surface area (Å²) in [6, 6.07) is 24.5. The highest BCUT2D eigenvalue weighted by Gasteiger charge is 2.28. The molecule has 220 valence electrons. The van der Waals surface area contributed by atoms with Crippen molar-refractivity contribution in [3.05, 3.63) is 102 Å². The van der Waals surface area contributed by atoms with Gasteiger partial charge < -0.3 is 25.6 Å². The highest BCUT2D eigenvalue weighted by Crippen LogP contribution is 2.19. The zero-order valence-corrected chi connectivity index (χ0v) is 23.9.